The molecule has 7 nitrogen and oxygen atoms in total. The van der Waals surface area contributed by atoms with Gasteiger partial charge in [-0.05, 0) is 51.2 Å². The van der Waals surface area contributed by atoms with Crippen molar-refractivity contribution in [3.05, 3.63) is 35.4 Å². The summed E-state index contributed by atoms with van der Waals surface area (Å²) in [7, 11) is 0. The average Bonchev–Trinajstić information content (AvgIpc) is 2.81. The Labute approximate surface area is 217 Å². The summed E-state index contributed by atoms with van der Waals surface area (Å²) in [5.41, 5.74) is 0.447. The molecule has 2 unspecified atom stereocenters. The average molecular weight is 500 g/mol. The quantitative estimate of drug-likeness (QED) is 0.289. The van der Waals surface area contributed by atoms with Crippen LogP contribution < -0.4 is 10.6 Å². The molecule has 1 rings (SSSR count). The Morgan fingerprint density at radius 1 is 1.06 bits per heavy atom. The van der Waals surface area contributed by atoms with E-state index >= 15 is 0 Å². The fourth-order valence-corrected chi connectivity index (χ4v) is 3.82. The van der Waals surface area contributed by atoms with Crippen LogP contribution in [0, 0.1) is 18.3 Å². The molecule has 0 aliphatic carbocycles. The lowest BCUT2D eigenvalue weighted by atomic mass is 9.95. The van der Waals surface area contributed by atoms with Crippen molar-refractivity contribution in [2.45, 2.75) is 98.3 Å². The molecular weight excluding hydrogens is 454 g/mol. The molecule has 0 spiro atoms. The molecule has 0 aromatic heterocycles. The molecule has 0 aliphatic heterocycles. The highest BCUT2D eigenvalue weighted by Crippen LogP contribution is 2.27. The third kappa shape index (κ3) is 9.93. The number of benzene rings is 1. The zero-order valence-electron chi connectivity index (χ0n) is 23.1. The minimum absolute atomic E-state index is 0.231. The smallest absolute Gasteiger partial charge is 0.408 e. The molecule has 200 valence electrons. The van der Waals surface area contributed by atoms with E-state index in [0.717, 1.165) is 25.7 Å². The normalized spacial score (nSPS) is 12.9. The first-order chi connectivity index (χ1) is 17.0. The predicted molar refractivity (Wildman–Crippen MR) is 144 cm³/mol. The summed E-state index contributed by atoms with van der Waals surface area (Å²) in [6.45, 7) is 14.0. The first-order valence-corrected chi connectivity index (χ1v) is 13.1. The van der Waals surface area contributed by atoms with Gasteiger partial charge >= 0.3 is 6.09 Å². The maximum Gasteiger partial charge on any atom is 0.408 e. The number of ether oxygens (including phenoxy) is 1. The number of alkyl carbamates (subject to hydrolysis) is 1. The Balaban J connectivity index is 3.46. The van der Waals surface area contributed by atoms with Crippen molar-refractivity contribution in [2.75, 3.05) is 13.1 Å². The highest BCUT2D eigenvalue weighted by molar-refractivity contribution is 5.92. The standard InChI is InChI=1S/C29H45N3O4/c1-9-12-16-19-30-26(33)25(23-18-15-14-17-22(23)11-3)32(20-13-10-2)27(34)24(21(4)5)31-28(35)36-29(6,7)8/h3,14-15,17-18,21,24-25H,9-10,12-13,16,19-20H2,1-2,4-8H3,(H,30,33)(H,31,35). The molecule has 0 aliphatic rings. The van der Waals surface area contributed by atoms with Crippen LogP contribution in [0.4, 0.5) is 4.79 Å². The minimum Gasteiger partial charge on any atom is -0.444 e. The summed E-state index contributed by atoms with van der Waals surface area (Å²) >= 11 is 0. The van der Waals surface area contributed by atoms with Crippen LogP contribution in [0.1, 0.15) is 97.7 Å². The summed E-state index contributed by atoms with van der Waals surface area (Å²) in [6.07, 6.45) is 9.52. The molecule has 0 heterocycles. The molecule has 0 fully saturated rings. The van der Waals surface area contributed by atoms with Gasteiger partial charge in [0.1, 0.15) is 17.7 Å². The number of carbonyl (C=O) groups is 3. The summed E-state index contributed by atoms with van der Waals surface area (Å²) < 4.78 is 5.41. The van der Waals surface area contributed by atoms with Crippen LogP contribution in [-0.4, -0.2) is 47.5 Å². The first-order valence-electron chi connectivity index (χ1n) is 13.1. The van der Waals surface area contributed by atoms with Gasteiger partial charge in [-0.2, -0.15) is 0 Å². The lowest BCUT2D eigenvalue weighted by molar-refractivity contribution is -0.143. The third-order valence-electron chi connectivity index (χ3n) is 5.69. The SMILES string of the molecule is C#Cc1ccccc1C(C(=O)NCCCCC)N(CCCC)C(=O)C(NC(=O)OC(C)(C)C)C(C)C. The van der Waals surface area contributed by atoms with Gasteiger partial charge in [-0.1, -0.05) is 71.1 Å². The molecule has 2 N–H and O–H groups in total. The highest BCUT2D eigenvalue weighted by Gasteiger charge is 2.37. The van der Waals surface area contributed by atoms with E-state index in [4.69, 9.17) is 11.2 Å². The predicted octanol–water partition coefficient (Wildman–Crippen LogP) is 5.19. The van der Waals surface area contributed by atoms with Gasteiger partial charge in [-0.25, -0.2) is 4.79 Å². The summed E-state index contributed by atoms with van der Waals surface area (Å²) in [5, 5.41) is 5.74. The second-order valence-corrected chi connectivity index (χ2v) is 10.4. The number of rotatable bonds is 13. The number of hydrogen-bond acceptors (Lipinski definition) is 4. The fraction of sp³-hybridized carbons (Fsp3) is 0.621. The van der Waals surface area contributed by atoms with Crippen molar-refractivity contribution in [3.63, 3.8) is 0 Å². The zero-order valence-corrected chi connectivity index (χ0v) is 23.1. The van der Waals surface area contributed by atoms with Gasteiger partial charge in [-0.15, -0.1) is 6.42 Å². The Bertz CT molecular complexity index is 899. The second kappa shape index (κ2) is 15.2. The number of hydrogen-bond donors (Lipinski definition) is 2. The van der Waals surface area contributed by atoms with Gasteiger partial charge in [0.15, 0.2) is 0 Å². The minimum atomic E-state index is -0.917. The van der Waals surface area contributed by atoms with Crippen LogP contribution in [0.3, 0.4) is 0 Å². The van der Waals surface area contributed by atoms with Crippen molar-refractivity contribution >= 4 is 17.9 Å². The largest absolute Gasteiger partial charge is 0.444 e. The molecule has 2 atom stereocenters. The Hall–Kier alpha value is -3.01. The maximum absolute atomic E-state index is 14.0. The van der Waals surface area contributed by atoms with Crippen LogP contribution in [0.5, 0.6) is 0 Å². The zero-order chi connectivity index (χ0) is 27.3. The Morgan fingerprint density at radius 3 is 2.25 bits per heavy atom. The molecule has 0 radical (unpaired) electrons. The van der Waals surface area contributed by atoms with Crippen molar-refractivity contribution in [1.29, 1.82) is 0 Å². The number of unbranched alkanes of at least 4 members (excludes halogenated alkanes) is 3. The number of terminal acetylenes is 1. The third-order valence-corrected chi connectivity index (χ3v) is 5.69. The number of nitrogens with one attached hydrogen (secondary N) is 2. The van der Waals surface area contributed by atoms with Gasteiger partial charge < -0.3 is 20.3 Å². The van der Waals surface area contributed by atoms with E-state index in [2.05, 4.69) is 23.5 Å². The van der Waals surface area contributed by atoms with E-state index in [1.807, 2.05) is 32.9 Å². The first kappa shape index (κ1) is 31.0. The summed E-state index contributed by atoms with van der Waals surface area (Å²) in [6, 6.07) is 5.41. The molecule has 0 saturated carbocycles. The highest BCUT2D eigenvalue weighted by atomic mass is 16.6. The maximum atomic E-state index is 14.0. The Kier molecular flexibility index (Phi) is 13.1. The monoisotopic (exact) mass is 499 g/mol. The topological polar surface area (TPSA) is 87.7 Å². The van der Waals surface area contributed by atoms with E-state index in [-0.39, 0.29) is 17.7 Å². The molecule has 0 bridgehead atoms. The fourth-order valence-electron chi connectivity index (χ4n) is 3.82. The molecule has 1 aromatic rings. The number of nitrogens with zero attached hydrogens (tertiary/aromatic N) is 1. The molecule has 36 heavy (non-hydrogen) atoms. The van der Waals surface area contributed by atoms with Gasteiger partial charge in [-0.3, -0.25) is 9.59 Å². The number of carbonyl (C=O) groups excluding carboxylic acids is 3. The molecule has 0 saturated heterocycles. The van der Waals surface area contributed by atoms with Crippen molar-refractivity contribution < 1.29 is 19.1 Å². The Morgan fingerprint density at radius 2 is 1.69 bits per heavy atom. The van der Waals surface area contributed by atoms with Gasteiger partial charge in [0, 0.05) is 18.7 Å². The van der Waals surface area contributed by atoms with Crippen LogP contribution in [0.2, 0.25) is 0 Å². The van der Waals surface area contributed by atoms with E-state index in [0.29, 0.717) is 30.6 Å². The second-order valence-electron chi connectivity index (χ2n) is 10.4. The van der Waals surface area contributed by atoms with Gasteiger partial charge in [0.25, 0.3) is 0 Å². The van der Waals surface area contributed by atoms with Crippen molar-refractivity contribution in [1.82, 2.24) is 15.5 Å². The molecule has 7 heteroatoms. The van der Waals surface area contributed by atoms with Gasteiger partial charge in [0.05, 0.1) is 0 Å². The lowest BCUT2D eigenvalue weighted by Crippen LogP contribution is -2.55. The lowest BCUT2D eigenvalue weighted by Gasteiger charge is -2.36. The molecule has 3 amide bonds. The van der Waals surface area contributed by atoms with Crippen LogP contribution in [0.25, 0.3) is 0 Å². The van der Waals surface area contributed by atoms with Crippen LogP contribution in [-0.2, 0) is 14.3 Å². The molecular formula is C29H45N3O4. The van der Waals surface area contributed by atoms with Crippen LogP contribution >= 0.6 is 0 Å². The van der Waals surface area contributed by atoms with E-state index in [1.165, 1.54) is 0 Å². The summed E-state index contributed by atoms with van der Waals surface area (Å²) in [4.78, 5) is 41.8. The van der Waals surface area contributed by atoms with E-state index < -0.39 is 23.8 Å². The molecule has 1 aromatic carbocycles. The number of amides is 3. The van der Waals surface area contributed by atoms with Crippen molar-refractivity contribution in [2.24, 2.45) is 5.92 Å². The van der Waals surface area contributed by atoms with E-state index in [1.54, 1.807) is 37.8 Å². The van der Waals surface area contributed by atoms with Gasteiger partial charge in [0.2, 0.25) is 11.8 Å². The van der Waals surface area contributed by atoms with Crippen molar-refractivity contribution in [3.8, 4) is 12.3 Å². The summed E-state index contributed by atoms with van der Waals surface area (Å²) in [5.74, 6) is 1.81. The van der Waals surface area contributed by atoms with E-state index in [9.17, 15) is 14.4 Å². The van der Waals surface area contributed by atoms with Crippen LogP contribution in [0.15, 0.2) is 24.3 Å².